The summed E-state index contributed by atoms with van der Waals surface area (Å²) < 4.78 is 29.5. The number of esters is 1. The summed E-state index contributed by atoms with van der Waals surface area (Å²) in [5.74, 6) is -1.45. The molecule has 2 fully saturated rings. The molecular weight excluding hydrogens is 372 g/mol. The molecule has 0 aromatic heterocycles. The first kappa shape index (κ1) is 23.2. The Balaban J connectivity index is 2.18. The van der Waals surface area contributed by atoms with Gasteiger partial charge < -0.3 is 28.5 Å². The number of hydrogen-bond donors (Lipinski definition) is 0. The lowest BCUT2D eigenvalue weighted by molar-refractivity contribution is -0.325. The molecule has 0 radical (unpaired) electrons. The van der Waals surface area contributed by atoms with Crippen LogP contribution in [0.2, 0.25) is 0 Å². The van der Waals surface area contributed by atoms with Crippen LogP contribution in [0.5, 0.6) is 0 Å². The Morgan fingerprint density at radius 1 is 1.11 bits per heavy atom. The molecule has 0 aromatic carbocycles. The molecule has 2 aliphatic heterocycles. The molecule has 2 heterocycles. The third-order valence-corrected chi connectivity index (χ3v) is 4.52. The molecule has 9 heteroatoms. The van der Waals surface area contributed by atoms with Crippen molar-refractivity contribution in [2.24, 2.45) is 0 Å². The number of ketones is 1. The zero-order valence-electron chi connectivity index (χ0n) is 17.3. The molecule has 5 atom stereocenters. The van der Waals surface area contributed by atoms with Gasteiger partial charge in [-0.15, -0.1) is 0 Å². The van der Waals surface area contributed by atoms with Gasteiger partial charge in [0.1, 0.15) is 30.7 Å². The number of rotatable bonds is 11. The fourth-order valence-corrected chi connectivity index (χ4v) is 3.19. The molecule has 2 rings (SSSR count). The highest BCUT2D eigenvalue weighted by Crippen LogP contribution is 2.38. The van der Waals surface area contributed by atoms with Crippen molar-refractivity contribution in [2.75, 3.05) is 20.3 Å². The fourth-order valence-electron chi connectivity index (χ4n) is 3.19. The SMILES string of the molecule is CCCCOC1C2OC(C)(C)O[C@@H]2OC(COOC)[C@H]1OC(=O)CCC(C)=O. The Morgan fingerprint density at radius 3 is 2.50 bits per heavy atom. The second kappa shape index (κ2) is 10.6. The molecule has 162 valence electrons. The average molecular weight is 404 g/mol. The average Bonchev–Trinajstić information content (AvgIpc) is 2.93. The van der Waals surface area contributed by atoms with Crippen molar-refractivity contribution in [3.63, 3.8) is 0 Å². The standard InChI is InChI=1S/C19H32O9/c1-6-7-10-23-16-15(26-14(21)9-8-12(2)20)13(11-24-22-5)25-18-17(16)27-19(3,4)28-18/h13,15-18H,6-11H2,1-5H3/t13?,15-,16?,17?,18+/m1/s1. The van der Waals surface area contributed by atoms with Crippen molar-refractivity contribution in [1.82, 2.24) is 0 Å². The minimum absolute atomic E-state index is 0.0116. The minimum Gasteiger partial charge on any atom is -0.457 e. The van der Waals surface area contributed by atoms with Crippen LogP contribution in [0.3, 0.4) is 0 Å². The van der Waals surface area contributed by atoms with Crippen molar-refractivity contribution in [1.29, 1.82) is 0 Å². The van der Waals surface area contributed by atoms with Crippen LogP contribution < -0.4 is 0 Å². The molecule has 3 unspecified atom stereocenters. The van der Waals surface area contributed by atoms with E-state index in [1.807, 2.05) is 0 Å². The largest absolute Gasteiger partial charge is 0.457 e. The van der Waals surface area contributed by atoms with Gasteiger partial charge in [-0.1, -0.05) is 13.3 Å². The highest BCUT2D eigenvalue weighted by Gasteiger charge is 2.56. The maximum atomic E-state index is 12.3. The lowest BCUT2D eigenvalue weighted by Gasteiger charge is -2.41. The fraction of sp³-hybridized carbons (Fsp3) is 0.895. The quantitative estimate of drug-likeness (QED) is 0.221. The molecule has 0 spiro atoms. The Morgan fingerprint density at radius 2 is 1.86 bits per heavy atom. The van der Waals surface area contributed by atoms with E-state index >= 15 is 0 Å². The van der Waals surface area contributed by atoms with Crippen LogP contribution in [0.4, 0.5) is 0 Å². The normalized spacial score (nSPS) is 31.4. The zero-order chi connectivity index (χ0) is 20.7. The van der Waals surface area contributed by atoms with Crippen molar-refractivity contribution < 1.29 is 43.0 Å². The first-order chi connectivity index (χ1) is 13.3. The maximum absolute atomic E-state index is 12.3. The van der Waals surface area contributed by atoms with Crippen LogP contribution in [-0.2, 0) is 43.0 Å². The lowest BCUT2D eigenvalue weighted by atomic mass is 9.98. The Kier molecular flexibility index (Phi) is 8.79. The zero-order valence-corrected chi connectivity index (χ0v) is 17.3. The number of unbranched alkanes of at least 4 members (excludes halogenated alkanes) is 1. The van der Waals surface area contributed by atoms with E-state index in [2.05, 4.69) is 11.8 Å². The predicted molar refractivity (Wildman–Crippen MR) is 96.1 cm³/mol. The molecular formula is C19H32O9. The topological polar surface area (TPSA) is 98.8 Å². The highest BCUT2D eigenvalue weighted by molar-refractivity contribution is 5.81. The van der Waals surface area contributed by atoms with Gasteiger partial charge in [-0.05, 0) is 27.2 Å². The van der Waals surface area contributed by atoms with Crippen molar-refractivity contribution in [2.45, 2.75) is 89.9 Å². The summed E-state index contributed by atoms with van der Waals surface area (Å²) in [4.78, 5) is 33.2. The molecule has 0 aliphatic carbocycles. The van der Waals surface area contributed by atoms with E-state index in [1.165, 1.54) is 14.0 Å². The summed E-state index contributed by atoms with van der Waals surface area (Å²) in [7, 11) is 1.38. The van der Waals surface area contributed by atoms with Crippen LogP contribution in [0.1, 0.15) is 53.4 Å². The van der Waals surface area contributed by atoms with E-state index < -0.39 is 42.5 Å². The van der Waals surface area contributed by atoms with Gasteiger partial charge >= 0.3 is 5.97 Å². The molecule has 2 saturated heterocycles. The summed E-state index contributed by atoms with van der Waals surface area (Å²) in [6.07, 6.45) is -1.39. The monoisotopic (exact) mass is 404 g/mol. The van der Waals surface area contributed by atoms with Crippen LogP contribution in [0.15, 0.2) is 0 Å². The van der Waals surface area contributed by atoms with Gasteiger partial charge in [0.2, 0.25) is 0 Å². The number of ether oxygens (including phenoxy) is 5. The summed E-state index contributed by atoms with van der Waals surface area (Å²) in [6.45, 7) is 7.55. The summed E-state index contributed by atoms with van der Waals surface area (Å²) in [6, 6.07) is 0. The van der Waals surface area contributed by atoms with E-state index in [0.29, 0.717) is 6.61 Å². The lowest BCUT2D eigenvalue weighted by Crippen LogP contribution is -2.60. The minimum atomic E-state index is -0.859. The predicted octanol–water partition coefficient (Wildman–Crippen LogP) is 1.91. The van der Waals surface area contributed by atoms with Gasteiger partial charge in [0.25, 0.3) is 0 Å². The molecule has 0 amide bonds. The summed E-state index contributed by atoms with van der Waals surface area (Å²) >= 11 is 0. The molecule has 2 aliphatic rings. The van der Waals surface area contributed by atoms with Gasteiger partial charge in [0.05, 0.1) is 13.5 Å². The van der Waals surface area contributed by atoms with Gasteiger partial charge in [-0.2, -0.15) is 0 Å². The smallest absolute Gasteiger partial charge is 0.306 e. The Labute approximate surface area is 165 Å². The molecule has 9 nitrogen and oxygen atoms in total. The Hall–Kier alpha value is -1.10. The molecule has 0 bridgehead atoms. The third kappa shape index (κ3) is 6.47. The molecule has 0 aromatic rings. The van der Waals surface area contributed by atoms with E-state index in [4.69, 9.17) is 28.6 Å². The van der Waals surface area contributed by atoms with Crippen LogP contribution in [-0.4, -0.2) is 68.6 Å². The van der Waals surface area contributed by atoms with Gasteiger partial charge in [-0.3, -0.25) is 4.79 Å². The van der Waals surface area contributed by atoms with Gasteiger partial charge in [-0.25, -0.2) is 9.78 Å². The van der Waals surface area contributed by atoms with E-state index in [0.717, 1.165) is 12.8 Å². The van der Waals surface area contributed by atoms with Crippen molar-refractivity contribution >= 4 is 11.8 Å². The summed E-state index contributed by atoms with van der Waals surface area (Å²) in [5, 5.41) is 0. The number of Topliss-reactive ketones (excluding diaryl/α,β-unsaturated/α-hetero) is 1. The van der Waals surface area contributed by atoms with Crippen LogP contribution in [0.25, 0.3) is 0 Å². The first-order valence-corrected chi connectivity index (χ1v) is 9.74. The highest BCUT2D eigenvalue weighted by atomic mass is 17.2. The van der Waals surface area contributed by atoms with E-state index in [9.17, 15) is 9.59 Å². The van der Waals surface area contributed by atoms with E-state index in [-0.39, 0.29) is 25.2 Å². The van der Waals surface area contributed by atoms with Crippen LogP contribution >= 0.6 is 0 Å². The molecule has 28 heavy (non-hydrogen) atoms. The number of carbonyl (C=O) groups excluding carboxylic acids is 2. The third-order valence-electron chi connectivity index (χ3n) is 4.52. The second-order valence-corrected chi connectivity index (χ2v) is 7.44. The Bertz CT molecular complexity index is 522. The summed E-state index contributed by atoms with van der Waals surface area (Å²) in [5.41, 5.74) is 0. The van der Waals surface area contributed by atoms with Crippen molar-refractivity contribution in [3.05, 3.63) is 0 Å². The molecule has 0 N–H and O–H groups in total. The number of hydrogen-bond acceptors (Lipinski definition) is 9. The first-order valence-electron chi connectivity index (χ1n) is 9.74. The van der Waals surface area contributed by atoms with Crippen LogP contribution in [0, 0.1) is 0 Å². The number of carbonyl (C=O) groups is 2. The van der Waals surface area contributed by atoms with E-state index in [1.54, 1.807) is 13.8 Å². The van der Waals surface area contributed by atoms with Gasteiger partial charge in [0.15, 0.2) is 18.2 Å². The second-order valence-electron chi connectivity index (χ2n) is 7.44. The maximum Gasteiger partial charge on any atom is 0.306 e. The van der Waals surface area contributed by atoms with Gasteiger partial charge in [0, 0.05) is 13.0 Å². The molecule has 0 saturated carbocycles. The number of fused-ring (bicyclic) bond motifs is 1. The van der Waals surface area contributed by atoms with Crippen molar-refractivity contribution in [3.8, 4) is 0 Å².